The fraction of sp³-hybridized carbons (Fsp3) is 0.188. The SMILES string of the molecule is CC(C)c1ccc(NC(=O)Nc2ccc(F)cc2)cc1. The fourth-order valence-corrected chi connectivity index (χ4v) is 1.78. The second-order valence-corrected chi connectivity index (χ2v) is 4.86. The topological polar surface area (TPSA) is 41.1 Å². The fourth-order valence-electron chi connectivity index (χ4n) is 1.78. The number of anilines is 2. The van der Waals surface area contributed by atoms with Crippen LogP contribution in [0.1, 0.15) is 25.3 Å². The molecule has 0 aliphatic heterocycles. The molecule has 0 bridgehead atoms. The van der Waals surface area contributed by atoms with E-state index in [1.165, 1.54) is 29.8 Å². The van der Waals surface area contributed by atoms with Crippen molar-refractivity contribution in [1.82, 2.24) is 0 Å². The lowest BCUT2D eigenvalue weighted by Crippen LogP contribution is -2.19. The Bertz CT molecular complexity index is 576. The normalized spacial score (nSPS) is 10.4. The van der Waals surface area contributed by atoms with Crippen molar-refractivity contribution in [3.63, 3.8) is 0 Å². The molecule has 0 unspecified atom stereocenters. The number of carbonyl (C=O) groups is 1. The molecule has 3 nitrogen and oxygen atoms in total. The molecule has 2 aromatic rings. The van der Waals surface area contributed by atoms with Crippen molar-refractivity contribution in [3.05, 3.63) is 59.9 Å². The smallest absolute Gasteiger partial charge is 0.308 e. The molecule has 0 atom stereocenters. The van der Waals surface area contributed by atoms with Crippen LogP contribution in [0, 0.1) is 5.82 Å². The predicted molar refractivity (Wildman–Crippen MR) is 79.6 cm³/mol. The van der Waals surface area contributed by atoms with Crippen LogP contribution in [-0.2, 0) is 0 Å². The van der Waals surface area contributed by atoms with Gasteiger partial charge in [-0.1, -0.05) is 26.0 Å². The van der Waals surface area contributed by atoms with Crippen LogP contribution in [0.2, 0.25) is 0 Å². The van der Waals surface area contributed by atoms with Crippen molar-refractivity contribution in [2.45, 2.75) is 19.8 Å². The van der Waals surface area contributed by atoms with E-state index in [-0.39, 0.29) is 11.8 Å². The summed E-state index contributed by atoms with van der Waals surface area (Å²) in [6.07, 6.45) is 0. The zero-order valence-electron chi connectivity index (χ0n) is 11.5. The number of halogens is 1. The first kappa shape index (κ1) is 14.1. The summed E-state index contributed by atoms with van der Waals surface area (Å²) in [4.78, 5) is 11.8. The predicted octanol–water partition coefficient (Wildman–Crippen LogP) is 4.59. The van der Waals surface area contributed by atoms with Gasteiger partial charge in [0.15, 0.2) is 0 Å². The van der Waals surface area contributed by atoms with E-state index < -0.39 is 0 Å². The van der Waals surface area contributed by atoms with E-state index >= 15 is 0 Å². The molecule has 0 fully saturated rings. The molecule has 0 saturated carbocycles. The molecule has 104 valence electrons. The first-order valence-corrected chi connectivity index (χ1v) is 6.48. The van der Waals surface area contributed by atoms with E-state index in [1.54, 1.807) is 0 Å². The molecule has 0 aliphatic rings. The van der Waals surface area contributed by atoms with E-state index in [1.807, 2.05) is 24.3 Å². The summed E-state index contributed by atoms with van der Waals surface area (Å²) in [6.45, 7) is 4.23. The van der Waals surface area contributed by atoms with Crippen LogP contribution < -0.4 is 10.6 Å². The Morgan fingerprint density at radius 2 is 1.35 bits per heavy atom. The third-order valence-corrected chi connectivity index (χ3v) is 2.94. The lowest BCUT2D eigenvalue weighted by atomic mass is 10.0. The lowest BCUT2D eigenvalue weighted by Gasteiger charge is -2.09. The molecule has 2 aromatic carbocycles. The first-order valence-electron chi connectivity index (χ1n) is 6.48. The minimum atomic E-state index is -0.353. The quantitative estimate of drug-likeness (QED) is 0.842. The number of hydrogen-bond acceptors (Lipinski definition) is 1. The van der Waals surface area contributed by atoms with Crippen molar-refractivity contribution in [1.29, 1.82) is 0 Å². The average Bonchev–Trinajstić information content (AvgIpc) is 2.42. The Morgan fingerprint density at radius 3 is 1.80 bits per heavy atom. The highest BCUT2D eigenvalue weighted by atomic mass is 19.1. The van der Waals surface area contributed by atoms with Crippen LogP contribution in [0.4, 0.5) is 20.6 Å². The molecule has 0 spiro atoms. The molecule has 0 radical (unpaired) electrons. The maximum atomic E-state index is 12.7. The van der Waals surface area contributed by atoms with E-state index in [0.717, 1.165) is 0 Å². The molecule has 0 saturated heterocycles. The number of urea groups is 1. The maximum Gasteiger partial charge on any atom is 0.323 e. The van der Waals surface area contributed by atoms with Crippen LogP contribution in [0.15, 0.2) is 48.5 Å². The molecule has 0 heterocycles. The molecule has 2 rings (SSSR count). The third-order valence-electron chi connectivity index (χ3n) is 2.94. The Morgan fingerprint density at radius 1 is 0.900 bits per heavy atom. The number of carbonyl (C=O) groups excluding carboxylic acids is 1. The molecular weight excluding hydrogens is 255 g/mol. The van der Waals surface area contributed by atoms with Crippen molar-refractivity contribution in [2.24, 2.45) is 0 Å². The van der Waals surface area contributed by atoms with Gasteiger partial charge in [0.25, 0.3) is 0 Å². The molecule has 20 heavy (non-hydrogen) atoms. The standard InChI is InChI=1S/C16H17FN2O/c1-11(2)12-3-7-14(8-4-12)18-16(20)19-15-9-5-13(17)6-10-15/h3-11H,1-2H3,(H2,18,19,20). The van der Waals surface area contributed by atoms with E-state index in [0.29, 0.717) is 17.3 Å². The van der Waals surface area contributed by atoms with Gasteiger partial charge in [0.05, 0.1) is 0 Å². The number of rotatable bonds is 3. The lowest BCUT2D eigenvalue weighted by molar-refractivity contribution is 0.262. The molecule has 0 aliphatic carbocycles. The monoisotopic (exact) mass is 272 g/mol. The van der Waals surface area contributed by atoms with Gasteiger partial charge >= 0.3 is 6.03 Å². The summed E-state index contributed by atoms with van der Waals surface area (Å²) in [7, 11) is 0. The van der Waals surface area contributed by atoms with Gasteiger partial charge in [0.1, 0.15) is 5.82 Å². The van der Waals surface area contributed by atoms with Gasteiger partial charge in [-0.25, -0.2) is 9.18 Å². The number of amides is 2. The van der Waals surface area contributed by atoms with Crippen LogP contribution in [0.25, 0.3) is 0 Å². The summed E-state index contributed by atoms with van der Waals surface area (Å²) in [6, 6.07) is 13.0. The van der Waals surface area contributed by atoms with Crippen LogP contribution >= 0.6 is 0 Å². The van der Waals surface area contributed by atoms with Crippen LogP contribution in [-0.4, -0.2) is 6.03 Å². The average molecular weight is 272 g/mol. The van der Waals surface area contributed by atoms with Crippen molar-refractivity contribution in [3.8, 4) is 0 Å². The Hall–Kier alpha value is -2.36. The minimum absolute atomic E-state index is 0.333. The van der Waals surface area contributed by atoms with E-state index in [4.69, 9.17) is 0 Å². The summed E-state index contributed by atoms with van der Waals surface area (Å²) < 4.78 is 12.7. The molecule has 4 heteroatoms. The molecule has 2 amide bonds. The second-order valence-electron chi connectivity index (χ2n) is 4.86. The van der Waals surface area contributed by atoms with Gasteiger partial charge in [-0.05, 0) is 47.9 Å². The highest BCUT2D eigenvalue weighted by Gasteiger charge is 2.04. The van der Waals surface area contributed by atoms with Crippen molar-refractivity contribution < 1.29 is 9.18 Å². The van der Waals surface area contributed by atoms with Gasteiger partial charge in [-0.2, -0.15) is 0 Å². The van der Waals surface area contributed by atoms with E-state index in [2.05, 4.69) is 24.5 Å². The van der Waals surface area contributed by atoms with E-state index in [9.17, 15) is 9.18 Å². The zero-order chi connectivity index (χ0) is 14.5. The van der Waals surface area contributed by atoms with Gasteiger partial charge in [0.2, 0.25) is 0 Å². The Labute approximate surface area is 117 Å². The second kappa shape index (κ2) is 6.19. The molecule has 0 aromatic heterocycles. The summed E-state index contributed by atoms with van der Waals surface area (Å²) >= 11 is 0. The summed E-state index contributed by atoms with van der Waals surface area (Å²) in [5.74, 6) is 0.123. The highest BCUT2D eigenvalue weighted by molar-refractivity contribution is 5.99. The van der Waals surface area contributed by atoms with Gasteiger partial charge in [-0.15, -0.1) is 0 Å². The Kier molecular flexibility index (Phi) is 4.35. The number of benzene rings is 2. The summed E-state index contributed by atoms with van der Waals surface area (Å²) in [5.41, 5.74) is 2.48. The maximum absolute atomic E-state index is 12.7. The first-order chi connectivity index (χ1) is 9.54. The zero-order valence-corrected chi connectivity index (χ0v) is 11.5. The van der Waals surface area contributed by atoms with Gasteiger partial charge in [0, 0.05) is 11.4 Å². The molecular formula is C16H17FN2O. The molecule has 2 N–H and O–H groups in total. The third kappa shape index (κ3) is 3.82. The highest BCUT2D eigenvalue weighted by Crippen LogP contribution is 2.17. The van der Waals surface area contributed by atoms with Crippen LogP contribution in [0.5, 0.6) is 0 Å². The van der Waals surface area contributed by atoms with Crippen LogP contribution in [0.3, 0.4) is 0 Å². The van der Waals surface area contributed by atoms with Crippen molar-refractivity contribution >= 4 is 17.4 Å². The number of hydrogen-bond donors (Lipinski definition) is 2. The van der Waals surface area contributed by atoms with Gasteiger partial charge in [-0.3, -0.25) is 0 Å². The van der Waals surface area contributed by atoms with Crippen molar-refractivity contribution in [2.75, 3.05) is 10.6 Å². The largest absolute Gasteiger partial charge is 0.323 e. The Balaban J connectivity index is 1.95. The summed E-state index contributed by atoms with van der Waals surface area (Å²) in [5, 5.41) is 5.37. The minimum Gasteiger partial charge on any atom is -0.308 e. The number of nitrogens with one attached hydrogen (secondary N) is 2. The van der Waals surface area contributed by atoms with Gasteiger partial charge < -0.3 is 10.6 Å².